The van der Waals surface area contributed by atoms with Crippen LogP contribution in [-0.2, 0) is 0 Å². The lowest BCUT2D eigenvalue weighted by Gasteiger charge is -2.12. The van der Waals surface area contributed by atoms with Gasteiger partial charge in [-0.3, -0.25) is 0 Å². The van der Waals surface area contributed by atoms with Gasteiger partial charge in [-0.1, -0.05) is 0 Å². The number of rotatable bonds is 3. The van der Waals surface area contributed by atoms with Gasteiger partial charge in [0.2, 0.25) is 0 Å². The van der Waals surface area contributed by atoms with Crippen LogP contribution in [0.2, 0.25) is 0 Å². The lowest BCUT2D eigenvalue weighted by atomic mass is 10.1. The molecule has 2 nitrogen and oxygen atoms in total. The highest BCUT2D eigenvalue weighted by atomic mass is 35.5. The van der Waals surface area contributed by atoms with E-state index >= 15 is 0 Å². The highest BCUT2D eigenvalue weighted by Crippen LogP contribution is 2.27. The molecule has 0 saturated heterocycles. The Hall–Kier alpha value is -0.510. The molecule has 1 atom stereocenters. The lowest BCUT2D eigenvalue weighted by molar-refractivity contribution is 0.192. The van der Waals surface area contributed by atoms with Gasteiger partial charge in [-0.05, 0) is 17.7 Å². The van der Waals surface area contributed by atoms with E-state index < -0.39 is 16.8 Å². The molecule has 1 N–H and O–H groups in total. The summed E-state index contributed by atoms with van der Waals surface area (Å²) in [5.41, 5.74) is 0.289. The summed E-state index contributed by atoms with van der Waals surface area (Å²) in [6.07, 6.45) is -1.12. The Balaban J connectivity index is 3.02. The molecule has 5 heteroatoms. The molecule has 0 aromatic heterocycles. The Bertz CT molecular complexity index is 318. The fourth-order valence-electron chi connectivity index (χ4n) is 1.02. The van der Waals surface area contributed by atoms with Crippen LogP contribution in [0.25, 0.3) is 0 Å². The minimum absolute atomic E-state index is 0.289. The first-order valence-electron chi connectivity index (χ1n) is 3.85. The van der Waals surface area contributed by atoms with E-state index in [0.29, 0.717) is 5.75 Å². The van der Waals surface area contributed by atoms with Crippen molar-refractivity contribution >= 4 is 23.2 Å². The van der Waals surface area contributed by atoms with Crippen LogP contribution in [0.1, 0.15) is 11.7 Å². The van der Waals surface area contributed by atoms with Crippen molar-refractivity contribution in [1.29, 1.82) is 0 Å². The summed E-state index contributed by atoms with van der Waals surface area (Å²) in [6, 6.07) is 3.84. The number of aliphatic hydroxyl groups excluding tert-OH is 1. The van der Waals surface area contributed by atoms with Crippen molar-refractivity contribution in [2.24, 2.45) is 0 Å². The molecule has 0 aliphatic heterocycles. The zero-order valence-electron chi connectivity index (χ0n) is 7.38. The van der Waals surface area contributed by atoms with Crippen molar-refractivity contribution in [1.82, 2.24) is 0 Å². The smallest absolute Gasteiger partial charge is 0.137 e. The summed E-state index contributed by atoms with van der Waals surface area (Å²) in [5.74, 6) is -0.194. The SMILES string of the molecule is COc1cc(F)cc(C(O)C(Cl)Cl)c1. The van der Waals surface area contributed by atoms with Gasteiger partial charge in [-0.2, -0.15) is 0 Å². The molecular formula is C9H9Cl2FO2. The average Bonchev–Trinajstić information content (AvgIpc) is 2.15. The molecule has 0 amide bonds. The van der Waals surface area contributed by atoms with E-state index in [9.17, 15) is 9.50 Å². The van der Waals surface area contributed by atoms with E-state index in [0.717, 1.165) is 6.07 Å². The zero-order valence-corrected chi connectivity index (χ0v) is 8.89. The van der Waals surface area contributed by atoms with Crippen LogP contribution in [0, 0.1) is 5.82 Å². The Morgan fingerprint density at radius 2 is 2.00 bits per heavy atom. The number of ether oxygens (including phenoxy) is 1. The minimum Gasteiger partial charge on any atom is -0.497 e. The molecule has 0 spiro atoms. The predicted octanol–water partition coefficient (Wildman–Crippen LogP) is 2.67. The molecule has 1 unspecified atom stereocenters. The van der Waals surface area contributed by atoms with Crippen LogP contribution in [0.15, 0.2) is 18.2 Å². The first-order chi connectivity index (χ1) is 6.54. The van der Waals surface area contributed by atoms with E-state index in [2.05, 4.69) is 0 Å². The second-order valence-electron chi connectivity index (χ2n) is 2.70. The lowest BCUT2D eigenvalue weighted by Crippen LogP contribution is -2.06. The maximum atomic E-state index is 13.0. The van der Waals surface area contributed by atoms with E-state index in [-0.39, 0.29) is 5.56 Å². The molecular weight excluding hydrogens is 230 g/mol. The number of benzene rings is 1. The maximum absolute atomic E-state index is 13.0. The number of alkyl halides is 2. The molecule has 0 aliphatic carbocycles. The van der Waals surface area contributed by atoms with Crippen LogP contribution >= 0.6 is 23.2 Å². The van der Waals surface area contributed by atoms with Gasteiger partial charge in [0, 0.05) is 6.07 Å². The van der Waals surface area contributed by atoms with Crippen molar-refractivity contribution < 1.29 is 14.2 Å². The molecule has 1 rings (SSSR count). The third kappa shape index (κ3) is 2.74. The number of halogens is 3. The summed E-state index contributed by atoms with van der Waals surface area (Å²) in [6.45, 7) is 0. The van der Waals surface area contributed by atoms with Crippen LogP contribution < -0.4 is 4.74 Å². The fraction of sp³-hybridized carbons (Fsp3) is 0.333. The molecule has 0 saturated carbocycles. The summed E-state index contributed by atoms with van der Waals surface area (Å²) >= 11 is 10.9. The van der Waals surface area contributed by atoms with Gasteiger partial charge < -0.3 is 9.84 Å². The minimum atomic E-state index is -1.12. The molecule has 1 aromatic rings. The third-order valence-corrected chi connectivity index (χ3v) is 2.19. The first kappa shape index (κ1) is 11.6. The van der Waals surface area contributed by atoms with Gasteiger partial charge in [0.15, 0.2) is 0 Å². The monoisotopic (exact) mass is 238 g/mol. The average molecular weight is 239 g/mol. The van der Waals surface area contributed by atoms with E-state index in [1.165, 1.54) is 19.2 Å². The standard InChI is InChI=1S/C9H9Cl2FO2/c1-14-7-3-5(2-6(12)4-7)8(13)9(10)11/h2-4,8-9,13H,1H3. The molecule has 0 radical (unpaired) electrons. The fourth-order valence-corrected chi connectivity index (χ4v) is 1.31. The normalized spacial score (nSPS) is 13.0. The molecule has 0 aliphatic rings. The molecule has 1 aromatic carbocycles. The largest absolute Gasteiger partial charge is 0.497 e. The second-order valence-corrected chi connectivity index (χ2v) is 3.87. The summed E-state index contributed by atoms with van der Waals surface area (Å²) in [4.78, 5) is -0.999. The van der Waals surface area contributed by atoms with E-state index in [1.54, 1.807) is 0 Å². The zero-order chi connectivity index (χ0) is 10.7. The quantitative estimate of drug-likeness (QED) is 0.821. The van der Waals surface area contributed by atoms with Gasteiger partial charge in [-0.15, -0.1) is 23.2 Å². The highest BCUT2D eigenvalue weighted by Gasteiger charge is 2.17. The summed E-state index contributed by atoms with van der Waals surface area (Å²) in [7, 11) is 1.41. The number of aliphatic hydroxyl groups is 1. The number of hydrogen-bond acceptors (Lipinski definition) is 2. The van der Waals surface area contributed by atoms with Crippen LogP contribution in [0.4, 0.5) is 4.39 Å². The maximum Gasteiger partial charge on any atom is 0.137 e. The Morgan fingerprint density at radius 3 is 2.50 bits per heavy atom. The third-order valence-electron chi connectivity index (χ3n) is 1.71. The van der Waals surface area contributed by atoms with Crippen molar-refractivity contribution in [2.75, 3.05) is 7.11 Å². The second kappa shape index (κ2) is 4.82. The van der Waals surface area contributed by atoms with Crippen LogP contribution in [0.3, 0.4) is 0 Å². The summed E-state index contributed by atoms with van der Waals surface area (Å²) in [5, 5.41) is 9.46. The topological polar surface area (TPSA) is 29.5 Å². The van der Waals surface area contributed by atoms with Crippen LogP contribution in [0.5, 0.6) is 5.75 Å². The van der Waals surface area contributed by atoms with Crippen molar-refractivity contribution in [3.8, 4) is 5.75 Å². The molecule has 0 bridgehead atoms. The summed E-state index contributed by atoms with van der Waals surface area (Å²) < 4.78 is 17.8. The Morgan fingerprint density at radius 1 is 1.36 bits per heavy atom. The molecule has 0 fully saturated rings. The van der Waals surface area contributed by atoms with Gasteiger partial charge in [0.25, 0.3) is 0 Å². The number of methoxy groups -OCH3 is 1. The van der Waals surface area contributed by atoms with Gasteiger partial charge >= 0.3 is 0 Å². The Kier molecular flexibility index (Phi) is 3.98. The highest BCUT2D eigenvalue weighted by molar-refractivity contribution is 6.44. The van der Waals surface area contributed by atoms with Crippen molar-refractivity contribution in [3.05, 3.63) is 29.6 Å². The predicted molar refractivity (Wildman–Crippen MR) is 53.4 cm³/mol. The van der Waals surface area contributed by atoms with Crippen molar-refractivity contribution in [3.63, 3.8) is 0 Å². The molecule has 78 valence electrons. The van der Waals surface area contributed by atoms with E-state index in [4.69, 9.17) is 27.9 Å². The van der Waals surface area contributed by atoms with Crippen molar-refractivity contribution in [2.45, 2.75) is 10.9 Å². The number of hydrogen-bond donors (Lipinski definition) is 1. The van der Waals surface area contributed by atoms with Crippen LogP contribution in [-0.4, -0.2) is 17.1 Å². The molecule has 0 heterocycles. The molecule has 14 heavy (non-hydrogen) atoms. The van der Waals surface area contributed by atoms with E-state index in [1.807, 2.05) is 0 Å². The van der Waals surface area contributed by atoms with Gasteiger partial charge in [-0.25, -0.2) is 4.39 Å². The van der Waals surface area contributed by atoms with Gasteiger partial charge in [0.05, 0.1) is 7.11 Å². The van der Waals surface area contributed by atoms with Gasteiger partial charge in [0.1, 0.15) is 22.5 Å². The Labute approximate surface area is 91.2 Å². The first-order valence-corrected chi connectivity index (χ1v) is 4.72.